The van der Waals surface area contributed by atoms with Crippen molar-refractivity contribution in [1.82, 2.24) is 4.57 Å². The fourth-order valence-electron chi connectivity index (χ4n) is 8.21. The first-order valence-corrected chi connectivity index (χ1v) is 16.0. The zero-order valence-electron chi connectivity index (χ0n) is 26.2. The smallest absolute Gasteiger partial charge is 0.0541 e. The molecule has 9 rings (SSSR count). The molecule has 1 heteroatoms. The van der Waals surface area contributed by atoms with Crippen LogP contribution in [-0.4, -0.2) is 4.57 Å². The minimum Gasteiger partial charge on any atom is -0.309 e. The Balaban J connectivity index is 1.27. The van der Waals surface area contributed by atoms with Crippen LogP contribution in [0, 0.1) is 0 Å². The molecule has 7 aromatic carbocycles. The third kappa shape index (κ3) is 3.50. The van der Waals surface area contributed by atoms with Gasteiger partial charge < -0.3 is 4.57 Å². The summed E-state index contributed by atoms with van der Waals surface area (Å²) >= 11 is 0. The number of rotatable bonds is 2. The van der Waals surface area contributed by atoms with Gasteiger partial charge in [0.1, 0.15) is 0 Å². The van der Waals surface area contributed by atoms with E-state index in [9.17, 15) is 0 Å². The van der Waals surface area contributed by atoms with Crippen molar-refractivity contribution >= 4 is 43.4 Å². The van der Waals surface area contributed by atoms with Crippen molar-refractivity contribution < 1.29 is 0 Å². The van der Waals surface area contributed by atoms with Gasteiger partial charge in [0.15, 0.2) is 0 Å². The van der Waals surface area contributed by atoms with Crippen molar-refractivity contribution in [2.45, 2.75) is 38.5 Å². The van der Waals surface area contributed by atoms with Gasteiger partial charge in [-0.25, -0.2) is 0 Å². The maximum absolute atomic E-state index is 2.44. The molecule has 0 fully saturated rings. The van der Waals surface area contributed by atoms with Crippen molar-refractivity contribution in [2.75, 3.05) is 0 Å². The molecular weight excluding hydrogens is 542 g/mol. The Bertz CT molecular complexity index is 2420. The van der Waals surface area contributed by atoms with E-state index in [2.05, 4.69) is 172 Å². The summed E-state index contributed by atoms with van der Waals surface area (Å²) in [5, 5.41) is 7.86. The van der Waals surface area contributed by atoms with E-state index in [0.29, 0.717) is 0 Å². The molecule has 216 valence electrons. The second kappa shape index (κ2) is 9.19. The van der Waals surface area contributed by atoms with E-state index in [4.69, 9.17) is 0 Å². The minimum absolute atomic E-state index is 0.0752. The molecule has 1 heterocycles. The number of hydrogen-bond acceptors (Lipinski definition) is 0. The number of aromatic nitrogens is 1. The molecule has 0 bridgehead atoms. The SMILES string of the molecule is CC1(C)c2ccc3c(ccc4ccccc43)c2-c2cccc(-c3ccc(-n4c5ccccc5c5ccccc54)cc3)c2C1(C)C. The van der Waals surface area contributed by atoms with E-state index in [1.165, 1.54) is 82.4 Å². The highest BCUT2D eigenvalue weighted by molar-refractivity contribution is 6.14. The van der Waals surface area contributed by atoms with Crippen LogP contribution in [0.15, 0.2) is 140 Å². The lowest BCUT2D eigenvalue weighted by molar-refractivity contribution is 0.300. The van der Waals surface area contributed by atoms with Crippen LogP contribution in [0.2, 0.25) is 0 Å². The number of fused-ring (bicyclic) bond motifs is 10. The molecule has 0 amide bonds. The van der Waals surface area contributed by atoms with Gasteiger partial charge in [-0.15, -0.1) is 0 Å². The summed E-state index contributed by atoms with van der Waals surface area (Å²) in [6, 6.07) is 51.8. The Hall–Kier alpha value is -5.14. The third-order valence-electron chi connectivity index (χ3n) is 11.1. The van der Waals surface area contributed by atoms with Crippen molar-refractivity contribution in [3.63, 3.8) is 0 Å². The molecule has 8 aromatic rings. The second-order valence-corrected chi connectivity index (χ2v) is 13.8. The molecule has 0 unspecified atom stereocenters. The molecule has 1 aliphatic carbocycles. The Morgan fingerprint density at radius 1 is 0.422 bits per heavy atom. The molecule has 1 aromatic heterocycles. The molecule has 0 spiro atoms. The van der Waals surface area contributed by atoms with Crippen molar-refractivity contribution in [3.8, 4) is 27.9 Å². The highest BCUT2D eigenvalue weighted by atomic mass is 15.0. The highest BCUT2D eigenvalue weighted by Crippen LogP contribution is 2.57. The van der Waals surface area contributed by atoms with Crippen LogP contribution in [0.1, 0.15) is 38.8 Å². The molecule has 0 saturated carbocycles. The van der Waals surface area contributed by atoms with Crippen LogP contribution in [0.3, 0.4) is 0 Å². The lowest BCUT2D eigenvalue weighted by atomic mass is 9.54. The normalized spacial score (nSPS) is 15.0. The van der Waals surface area contributed by atoms with Gasteiger partial charge in [0.25, 0.3) is 0 Å². The summed E-state index contributed by atoms with van der Waals surface area (Å²) in [7, 11) is 0. The molecule has 0 radical (unpaired) electrons. The summed E-state index contributed by atoms with van der Waals surface area (Å²) in [5.74, 6) is 0. The zero-order chi connectivity index (χ0) is 30.5. The maximum atomic E-state index is 2.44. The van der Waals surface area contributed by atoms with Crippen LogP contribution < -0.4 is 0 Å². The zero-order valence-corrected chi connectivity index (χ0v) is 26.2. The molecule has 0 saturated heterocycles. The van der Waals surface area contributed by atoms with Gasteiger partial charge in [0.05, 0.1) is 11.0 Å². The van der Waals surface area contributed by atoms with E-state index in [1.54, 1.807) is 0 Å². The molecule has 45 heavy (non-hydrogen) atoms. The molecule has 1 aliphatic rings. The van der Waals surface area contributed by atoms with E-state index >= 15 is 0 Å². The van der Waals surface area contributed by atoms with Gasteiger partial charge in [0, 0.05) is 21.9 Å². The van der Waals surface area contributed by atoms with Crippen molar-refractivity contribution in [2.24, 2.45) is 0 Å². The first-order valence-electron chi connectivity index (χ1n) is 16.0. The fourth-order valence-corrected chi connectivity index (χ4v) is 8.21. The number of hydrogen-bond donors (Lipinski definition) is 0. The molecule has 1 nitrogen and oxygen atoms in total. The van der Waals surface area contributed by atoms with Gasteiger partial charge in [-0.1, -0.05) is 143 Å². The third-order valence-corrected chi connectivity index (χ3v) is 11.1. The van der Waals surface area contributed by atoms with Crippen LogP contribution in [0.5, 0.6) is 0 Å². The topological polar surface area (TPSA) is 4.93 Å². The first-order chi connectivity index (χ1) is 21.9. The monoisotopic (exact) mass is 577 g/mol. The van der Waals surface area contributed by atoms with Crippen LogP contribution >= 0.6 is 0 Å². The van der Waals surface area contributed by atoms with Gasteiger partial charge in [-0.05, 0) is 84.6 Å². The average Bonchev–Trinajstić information content (AvgIpc) is 3.41. The van der Waals surface area contributed by atoms with Gasteiger partial charge >= 0.3 is 0 Å². The van der Waals surface area contributed by atoms with Gasteiger partial charge in [-0.2, -0.15) is 0 Å². The van der Waals surface area contributed by atoms with E-state index in [-0.39, 0.29) is 10.8 Å². The Kier molecular flexibility index (Phi) is 5.37. The van der Waals surface area contributed by atoms with E-state index in [0.717, 1.165) is 0 Å². The van der Waals surface area contributed by atoms with Crippen LogP contribution in [0.4, 0.5) is 0 Å². The first kappa shape index (κ1) is 26.3. The maximum Gasteiger partial charge on any atom is 0.0541 e. The molecular formula is C44H35N. The van der Waals surface area contributed by atoms with Crippen molar-refractivity contribution in [1.29, 1.82) is 0 Å². The lowest BCUT2D eigenvalue weighted by Gasteiger charge is -2.49. The Morgan fingerprint density at radius 3 is 1.73 bits per heavy atom. The van der Waals surface area contributed by atoms with Crippen LogP contribution in [0.25, 0.3) is 71.3 Å². The van der Waals surface area contributed by atoms with Gasteiger partial charge in [-0.3, -0.25) is 0 Å². The van der Waals surface area contributed by atoms with Gasteiger partial charge in [0.2, 0.25) is 0 Å². The Morgan fingerprint density at radius 2 is 1.02 bits per heavy atom. The summed E-state index contributed by atoms with van der Waals surface area (Å²) in [4.78, 5) is 0. The number of para-hydroxylation sites is 2. The van der Waals surface area contributed by atoms with Crippen molar-refractivity contribution in [3.05, 3.63) is 151 Å². The fraction of sp³-hybridized carbons (Fsp3) is 0.136. The molecule has 0 atom stereocenters. The standard InChI is InChI=1S/C44H35N/c1-43(2)38-27-26-33-31-13-6-5-12-28(31)22-25-36(33)41(38)37-17-11-16-32(42(37)44(43,3)4)29-20-23-30(24-21-29)45-39-18-9-7-14-34(39)35-15-8-10-19-40(35)45/h5-27H,1-4H3. The minimum atomic E-state index is -0.0953. The van der Waals surface area contributed by atoms with E-state index < -0.39 is 0 Å². The number of benzene rings is 7. The predicted octanol–water partition coefficient (Wildman–Crippen LogP) is 12.0. The summed E-state index contributed by atoms with van der Waals surface area (Å²) < 4.78 is 2.40. The molecule has 0 N–H and O–H groups in total. The lowest BCUT2D eigenvalue weighted by Crippen LogP contribution is -2.44. The van der Waals surface area contributed by atoms with E-state index in [1.807, 2.05) is 0 Å². The predicted molar refractivity (Wildman–Crippen MR) is 193 cm³/mol. The highest BCUT2D eigenvalue weighted by Gasteiger charge is 2.47. The Labute approximate surface area is 264 Å². The molecule has 0 aliphatic heterocycles. The summed E-state index contributed by atoms with van der Waals surface area (Å²) in [6.45, 7) is 9.75. The largest absolute Gasteiger partial charge is 0.309 e. The summed E-state index contributed by atoms with van der Waals surface area (Å²) in [6.07, 6.45) is 0. The summed E-state index contributed by atoms with van der Waals surface area (Å²) in [5.41, 5.74) is 11.7. The second-order valence-electron chi connectivity index (χ2n) is 13.8. The average molecular weight is 578 g/mol. The van der Waals surface area contributed by atoms with Crippen LogP contribution in [-0.2, 0) is 10.8 Å². The quantitative estimate of drug-likeness (QED) is 0.180. The number of nitrogens with zero attached hydrogens (tertiary/aromatic N) is 1.